The molecule has 29 heavy (non-hydrogen) atoms. The minimum absolute atomic E-state index is 0.0296. The van der Waals surface area contributed by atoms with Gasteiger partial charge in [-0.15, -0.1) is 0 Å². The fourth-order valence-corrected chi connectivity index (χ4v) is 3.97. The summed E-state index contributed by atoms with van der Waals surface area (Å²) in [4.78, 5) is 19.2. The maximum Gasteiger partial charge on any atom is 0.223 e. The first-order chi connectivity index (χ1) is 14.3. The molecular formula is C25H26N2O2. The summed E-state index contributed by atoms with van der Waals surface area (Å²) < 4.78 is 6.08. The minimum Gasteiger partial charge on any atom is -0.488 e. The molecule has 1 unspecified atom stereocenters. The highest BCUT2D eigenvalue weighted by molar-refractivity contribution is 5.78. The van der Waals surface area contributed by atoms with Gasteiger partial charge in [0.2, 0.25) is 5.91 Å². The Morgan fingerprint density at radius 1 is 0.966 bits per heavy atom. The Balaban J connectivity index is 1.46. The molecule has 0 N–H and O–H groups in total. The molecule has 2 heterocycles. The van der Waals surface area contributed by atoms with Crippen molar-refractivity contribution in [2.24, 2.45) is 0 Å². The van der Waals surface area contributed by atoms with Crippen molar-refractivity contribution < 1.29 is 9.53 Å². The van der Waals surface area contributed by atoms with Crippen molar-refractivity contribution in [1.82, 2.24) is 9.88 Å². The number of pyridine rings is 1. The average Bonchev–Trinajstić information content (AvgIpc) is 2.79. The molecule has 1 atom stereocenters. The zero-order chi connectivity index (χ0) is 19.9. The molecule has 0 aliphatic carbocycles. The number of aromatic nitrogens is 1. The van der Waals surface area contributed by atoms with E-state index < -0.39 is 0 Å². The van der Waals surface area contributed by atoms with E-state index in [4.69, 9.17) is 4.74 Å². The summed E-state index contributed by atoms with van der Waals surface area (Å²) in [5, 5.41) is 0. The van der Waals surface area contributed by atoms with Gasteiger partial charge in [0.1, 0.15) is 11.9 Å². The normalized spacial score (nSPS) is 16.6. The largest absolute Gasteiger partial charge is 0.488 e. The lowest BCUT2D eigenvalue weighted by molar-refractivity contribution is -0.134. The van der Waals surface area contributed by atoms with Crippen LogP contribution < -0.4 is 4.74 Å². The Bertz CT molecular complexity index is 860. The van der Waals surface area contributed by atoms with Gasteiger partial charge < -0.3 is 9.64 Å². The van der Waals surface area contributed by atoms with Crippen LogP contribution in [0.4, 0.5) is 0 Å². The Morgan fingerprint density at radius 3 is 2.21 bits per heavy atom. The quantitative estimate of drug-likeness (QED) is 0.618. The zero-order valence-electron chi connectivity index (χ0n) is 16.5. The van der Waals surface area contributed by atoms with Crippen LogP contribution in [0.2, 0.25) is 0 Å². The molecule has 1 fully saturated rings. The molecule has 148 valence electrons. The monoisotopic (exact) mass is 386 g/mol. The van der Waals surface area contributed by atoms with Crippen LogP contribution in [0.15, 0.2) is 85.2 Å². The van der Waals surface area contributed by atoms with E-state index in [9.17, 15) is 4.79 Å². The van der Waals surface area contributed by atoms with Crippen LogP contribution in [0.25, 0.3) is 0 Å². The van der Waals surface area contributed by atoms with E-state index in [-0.39, 0.29) is 17.9 Å². The van der Waals surface area contributed by atoms with E-state index in [0.29, 0.717) is 13.0 Å². The molecule has 4 nitrogen and oxygen atoms in total. The highest BCUT2D eigenvalue weighted by Gasteiger charge is 2.27. The van der Waals surface area contributed by atoms with Gasteiger partial charge in [0.05, 0.1) is 6.54 Å². The Labute approximate surface area is 172 Å². The SMILES string of the molecule is O=C(CC(c1ccccc1)c1ccccc1)N1CCCC(Oc2ccncc2)C1. The number of hydrogen-bond donors (Lipinski definition) is 0. The van der Waals surface area contributed by atoms with E-state index in [1.54, 1.807) is 12.4 Å². The number of ether oxygens (including phenoxy) is 1. The van der Waals surface area contributed by atoms with E-state index in [0.717, 1.165) is 25.1 Å². The Hall–Kier alpha value is -3.14. The van der Waals surface area contributed by atoms with Gasteiger partial charge in [-0.1, -0.05) is 60.7 Å². The molecule has 1 saturated heterocycles. The summed E-state index contributed by atoms with van der Waals surface area (Å²) in [6.07, 6.45) is 5.88. The Morgan fingerprint density at radius 2 is 1.59 bits per heavy atom. The number of carbonyl (C=O) groups is 1. The predicted octanol–water partition coefficient (Wildman–Crippen LogP) is 4.67. The van der Waals surface area contributed by atoms with Crippen molar-refractivity contribution >= 4 is 5.91 Å². The third-order valence-corrected chi connectivity index (χ3v) is 5.47. The molecule has 0 spiro atoms. The van der Waals surface area contributed by atoms with Crippen molar-refractivity contribution in [2.45, 2.75) is 31.3 Å². The lowest BCUT2D eigenvalue weighted by Gasteiger charge is -2.34. The van der Waals surface area contributed by atoms with E-state index in [1.807, 2.05) is 53.4 Å². The van der Waals surface area contributed by atoms with Gasteiger partial charge in [0.15, 0.2) is 0 Å². The summed E-state index contributed by atoms with van der Waals surface area (Å²) >= 11 is 0. The van der Waals surface area contributed by atoms with Crippen molar-refractivity contribution in [1.29, 1.82) is 0 Å². The molecule has 4 rings (SSSR count). The number of benzene rings is 2. The lowest BCUT2D eigenvalue weighted by Crippen LogP contribution is -2.44. The molecule has 0 radical (unpaired) electrons. The van der Waals surface area contributed by atoms with Gasteiger partial charge in [-0.25, -0.2) is 0 Å². The highest BCUT2D eigenvalue weighted by Crippen LogP contribution is 2.29. The molecule has 1 aromatic heterocycles. The Kier molecular flexibility index (Phi) is 6.20. The maximum atomic E-state index is 13.2. The fourth-order valence-electron chi connectivity index (χ4n) is 3.97. The zero-order valence-corrected chi connectivity index (χ0v) is 16.5. The third kappa shape index (κ3) is 5.02. The number of amides is 1. The van der Waals surface area contributed by atoms with Gasteiger partial charge in [-0.3, -0.25) is 9.78 Å². The number of carbonyl (C=O) groups excluding carboxylic acids is 1. The van der Waals surface area contributed by atoms with Gasteiger partial charge in [-0.2, -0.15) is 0 Å². The van der Waals surface area contributed by atoms with Gasteiger partial charge >= 0.3 is 0 Å². The smallest absolute Gasteiger partial charge is 0.223 e. The molecule has 1 amide bonds. The highest BCUT2D eigenvalue weighted by atomic mass is 16.5. The molecule has 0 bridgehead atoms. The summed E-state index contributed by atoms with van der Waals surface area (Å²) in [5.41, 5.74) is 2.35. The fraction of sp³-hybridized carbons (Fsp3) is 0.280. The number of likely N-dealkylation sites (tertiary alicyclic amines) is 1. The maximum absolute atomic E-state index is 13.2. The first-order valence-electron chi connectivity index (χ1n) is 10.2. The second kappa shape index (κ2) is 9.37. The topological polar surface area (TPSA) is 42.4 Å². The second-order valence-electron chi connectivity index (χ2n) is 7.48. The van der Waals surface area contributed by atoms with Crippen LogP contribution >= 0.6 is 0 Å². The average molecular weight is 386 g/mol. The number of hydrogen-bond acceptors (Lipinski definition) is 3. The number of rotatable bonds is 6. The van der Waals surface area contributed by atoms with Gasteiger partial charge in [0, 0.05) is 31.3 Å². The van der Waals surface area contributed by atoms with E-state index in [1.165, 1.54) is 11.1 Å². The van der Waals surface area contributed by atoms with Crippen LogP contribution in [0, 0.1) is 0 Å². The molecule has 3 aromatic rings. The number of nitrogens with zero attached hydrogens (tertiary/aromatic N) is 2. The van der Waals surface area contributed by atoms with Crippen molar-refractivity contribution in [3.63, 3.8) is 0 Å². The second-order valence-corrected chi connectivity index (χ2v) is 7.48. The van der Waals surface area contributed by atoms with Gasteiger partial charge in [0.25, 0.3) is 0 Å². The van der Waals surface area contributed by atoms with Crippen molar-refractivity contribution in [3.05, 3.63) is 96.3 Å². The molecule has 1 aliphatic rings. The van der Waals surface area contributed by atoms with E-state index in [2.05, 4.69) is 29.2 Å². The summed E-state index contributed by atoms with van der Waals surface area (Å²) in [6.45, 7) is 1.43. The van der Waals surface area contributed by atoms with Crippen LogP contribution in [0.5, 0.6) is 5.75 Å². The van der Waals surface area contributed by atoms with Crippen LogP contribution in [0.3, 0.4) is 0 Å². The van der Waals surface area contributed by atoms with E-state index >= 15 is 0 Å². The van der Waals surface area contributed by atoms with Crippen LogP contribution in [-0.4, -0.2) is 35.0 Å². The molecule has 1 aliphatic heterocycles. The van der Waals surface area contributed by atoms with Crippen molar-refractivity contribution in [2.75, 3.05) is 13.1 Å². The standard InChI is InChI=1S/C25H26N2O2/c28-25(27-17-7-12-23(19-27)29-22-13-15-26-16-14-22)18-24(20-8-3-1-4-9-20)21-10-5-2-6-11-21/h1-6,8-11,13-16,23-24H,7,12,17-19H2. The molecular weight excluding hydrogens is 360 g/mol. The summed E-state index contributed by atoms with van der Waals surface area (Å²) in [7, 11) is 0. The molecule has 4 heteroatoms. The number of piperidine rings is 1. The lowest BCUT2D eigenvalue weighted by atomic mass is 9.88. The van der Waals surface area contributed by atoms with Crippen molar-refractivity contribution in [3.8, 4) is 5.75 Å². The van der Waals surface area contributed by atoms with Crippen LogP contribution in [0.1, 0.15) is 36.3 Å². The summed E-state index contributed by atoms with van der Waals surface area (Å²) in [6, 6.07) is 24.3. The first kappa shape index (κ1) is 19.2. The third-order valence-electron chi connectivity index (χ3n) is 5.47. The molecule has 2 aromatic carbocycles. The first-order valence-corrected chi connectivity index (χ1v) is 10.2. The van der Waals surface area contributed by atoms with Crippen LogP contribution in [-0.2, 0) is 4.79 Å². The molecule has 0 saturated carbocycles. The van der Waals surface area contributed by atoms with Gasteiger partial charge in [-0.05, 0) is 36.1 Å². The predicted molar refractivity (Wildman–Crippen MR) is 114 cm³/mol. The minimum atomic E-state index is 0.0296. The summed E-state index contributed by atoms with van der Waals surface area (Å²) in [5.74, 6) is 1.06.